The number of hydrogen-bond donors (Lipinski definition) is 1. The summed E-state index contributed by atoms with van der Waals surface area (Å²) in [6.45, 7) is 3.73. The summed E-state index contributed by atoms with van der Waals surface area (Å²) >= 11 is 0. The van der Waals surface area contributed by atoms with Gasteiger partial charge in [-0.3, -0.25) is 9.48 Å². The van der Waals surface area contributed by atoms with E-state index in [0.29, 0.717) is 6.54 Å². The number of rotatable bonds is 2. The van der Waals surface area contributed by atoms with E-state index in [2.05, 4.69) is 9.46 Å². The molecule has 0 aromatic carbocycles. The summed E-state index contributed by atoms with van der Waals surface area (Å²) in [6, 6.07) is 1.50. The van der Waals surface area contributed by atoms with Gasteiger partial charge in [0.25, 0.3) is 5.91 Å². The number of nitrogens with two attached hydrogens (primary N) is 1. The highest BCUT2D eigenvalue weighted by Crippen LogP contribution is 2.05. The topological polar surface area (TPSA) is 90.3 Å². The Bertz CT molecular complexity index is 456. The van der Waals surface area contributed by atoms with Crippen molar-refractivity contribution in [1.82, 2.24) is 9.78 Å². The van der Waals surface area contributed by atoms with Crippen LogP contribution in [0.5, 0.6) is 0 Å². The van der Waals surface area contributed by atoms with Crippen LogP contribution < -0.4 is 5.14 Å². The first-order valence-electron chi connectivity index (χ1n) is 4.04. The number of carbonyl (C=O) groups excluding carboxylic acids is 1. The van der Waals surface area contributed by atoms with Crippen molar-refractivity contribution in [3.8, 4) is 0 Å². The number of aromatic nitrogens is 2. The minimum absolute atomic E-state index is 0.134. The molecule has 0 aliphatic heterocycles. The predicted molar refractivity (Wildman–Crippen MR) is 51.6 cm³/mol. The second-order valence-electron chi connectivity index (χ2n) is 2.69. The third-order valence-electron chi connectivity index (χ3n) is 1.50. The molecular formula is C7H12N4O2S. The molecule has 0 saturated carbocycles. The van der Waals surface area contributed by atoms with Crippen LogP contribution in [-0.2, 0) is 21.3 Å². The second kappa shape index (κ2) is 3.89. The lowest BCUT2D eigenvalue weighted by atomic mass is 10.7. The Morgan fingerprint density at radius 3 is 2.86 bits per heavy atom. The highest BCUT2D eigenvalue weighted by atomic mass is 32.2. The fourth-order valence-electron chi connectivity index (χ4n) is 0.913. The van der Waals surface area contributed by atoms with Crippen molar-refractivity contribution < 1.29 is 9.00 Å². The molecule has 0 aliphatic carbocycles. The van der Waals surface area contributed by atoms with E-state index in [-0.39, 0.29) is 5.03 Å². The van der Waals surface area contributed by atoms with E-state index >= 15 is 0 Å². The SMILES string of the molecule is CCn1ccc(S(N)(=O)=NC(C)=O)n1. The van der Waals surface area contributed by atoms with Crippen LogP contribution >= 0.6 is 0 Å². The second-order valence-corrected chi connectivity index (χ2v) is 4.43. The largest absolute Gasteiger partial charge is 0.272 e. The maximum atomic E-state index is 11.6. The monoisotopic (exact) mass is 216 g/mol. The number of amides is 1. The Kier molecular flexibility index (Phi) is 3.02. The van der Waals surface area contributed by atoms with Crippen molar-refractivity contribution in [3.63, 3.8) is 0 Å². The van der Waals surface area contributed by atoms with Gasteiger partial charge < -0.3 is 0 Å². The van der Waals surface area contributed by atoms with E-state index in [0.717, 1.165) is 0 Å². The first kappa shape index (κ1) is 10.9. The third-order valence-corrected chi connectivity index (χ3v) is 2.85. The van der Waals surface area contributed by atoms with Crippen molar-refractivity contribution >= 4 is 15.8 Å². The number of nitrogens with zero attached hydrogens (tertiary/aromatic N) is 3. The van der Waals surface area contributed by atoms with Gasteiger partial charge in [0.15, 0.2) is 14.9 Å². The number of carbonyl (C=O) groups is 1. The van der Waals surface area contributed by atoms with Crippen molar-refractivity contribution in [3.05, 3.63) is 12.3 Å². The van der Waals surface area contributed by atoms with Crippen LogP contribution in [0.3, 0.4) is 0 Å². The molecule has 1 rings (SSSR count). The number of hydrogen-bond acceptors (Lipinski definition) is 3. The Morgan fingerprint density at radius 1 is 1.79 bits per heavy atom. The van der Waals surface area contributed by atoms with Crippen molar-refractivity contribution in [2.45, 2.75) is 25.4 Å². The summed E-state index contributed by atoms with van der Waals surface area (Å²) in [5.41, 5.74) is 0. The van der Waals surface area contributed by atoms with Crippen LogP contribution in [0.15, 0.2) is 21.7 Å². The molecule has 1 atom stereocenters. The lowest BCUT2D eigenvalue weighted by molar-refractivity contribution is -0.115. The quantitative estimate of drug-likeness (QED) is 0.762. The highest BCUT2D eigenvalue weighted by Gasteiger charge is 2.11. The smallest absolute Gasteiger partial charge is 0.252 e. The molecule has 7 heteroatoms. The van der Waals surface area contributed by atoms with E-state index in [1.165, 1.54) is 13.0 Å². The van der Waals surface area contributed by atoms with Gasteiger partial charge in [0.1, 0.15) is 0 Å². The van der Waals surface area contributed by atoms with E-state index < -0.39 is 15.8 Å². The van der Waals surface area contributed by atoms with Gasteiger partial charge in [-0.25, -0.2) is 9.35 Å². The summed E-state index contributed by atoms with van der Waals surface area (Å²) < 4.78 is 16.5. The lowest BCUT2D eigenvalue weighted by Crippen LogP contribution is -2.15. The van der Waals surface area contributed by atoms with Gasteiger partial charge in [-0.1, -0.05) is 0 Å². The third kappa shape index (κ3) is 2.39. The molecule has 1 aromatic rings. The van der Waals surface area contributed by atoms with E-state index in [9.17, 15) is 9.00 Å². The minimum Gasteiger partial charge on any atom is -0.272 e. The molecule has 2 N–H and O–H groups in total. The molecule has 0 saturated heterocycles. The summed E-state index contributed by atoms with van der Waals surface area (Å²) in [4.78, 5) is 10.6. The normalized spacial score (nSPS) is 14.8. The molecule has 1 aromatic heterocycles. The molecule has 78 valence electrons. The fourth-order valence-corrected chi connectivity index (χ4v) is 1.87. The molecule has 1 unspecified atom stereocenters. The molecule has 0 bridgehead atoms. The molecular weight excluding hydrogens is 204 g/mol. The molecule has 1 heterocycles. The van der Waals surface area contributed by atoms with Crippen molar-refractivity contribution in [2.24, 2.45) is 9.50 Å². The molecule has 14 heavy (non-hydrogen) atoms. The summed E-state index contributed by atoms with van der Waals surface area (Å²) in [7, 11) is -3.16. The summed E-state index contributed by atoms with van der Waals surface area (Å²) in [6.07, 6.45) is 1.64. The van der Waals surface area contributed by atoms with Crippen LogP contribution in [0.2, 0.25) is 0 Å². The van der Waals surface area contributed by atoms with Crippen molar-refractivity contribution in [2.75, 3.05) is 0 Å². The van der Waals surface area contributed by atoms with Crippen LogP contribution in [0.1, 0.15) is 13.8 Å². The standard InChI is InChI=1S/C7H12N4O2S/c1-3-11-5-4-7(9-11)14(8,13)10-6(2)12/h4-5H,3H2,1-2H3,(H2,8,10,12,13). The number of aryl methyl sites for hydroxylation is 1. The van der Waals surface area contributed by atoms with Gasteiger partial charge in [-0.05, 0) is 13.0 Å². The van der Waals surface area contributed by atoms with E-state index in [4.69, 9.17) is 5.14 Å². The maximum absolute atomic E-state index is 11.6. The Balaban J connectivity index is 3.16. The van der Waals surface area contributed by atoms with Gasteiger partial charge >= 0.3 is 0 Å². The van der Waals surface area contributed by atoms with Gasteiger partial charge in [-0.15, -0.1) is 4.36 Å². The van der Waals surface area contributed by atoms with Crippen LogP contribution in [0.4, 0.5) is 0 Å². The van der Waals surface area contributed by atoms with Gasteiger partial charge in [0.2, 0.25) is 0 Å². The van der Waals surface area contributed by atoms with Crippen LogP contribution in [0, 0.1) is 0 Å². The first-order chi connectivity index (χ1) is 6.45. The Labute approximate surface area is 82.4 Å². The van der Waals surface area contributed by atoms with E-state index in [1.54, 1.807) is 10.9 Å². The summed E-state index contributed by atoms with van der Waals surface area (Å²) in [5, 5.41) is 9.43. The van der Waals surface area contributed by atoms with Gasteiger partial charge in [0, 0.05) is 19.7 Å². The van der Waals surface area contributed by atoms with Gasteiger partial charge in [0.05, 0.1) is 0 Å². The zero-order valence-corrected chi connectivity index (χ0v) is 8.82. The van der Waals surface area contributed by atoms with Crippen LogP contribution in [-0.4, -0.2) is 19.9 Å². The summed E-state index contributed by atoms with van der Waals surface area (Å²) in [5.74, 6) is -0.566. The molecule has 1 amide bonds. The maximum Gasteiger partial charge on any atom is 0.252 e. The minimum atomic E-state index is -3.16. The average molecular weight is 216 g/mol. The van der Waals surface area contributed by atoms with Crippen LogP contribution in [0.25, 0.3) is 0 Å². The zero-order valence-electron chi connectivity index (χ0n) is 8.01. The Morgan fingerprint density at radius 2 is 2.43 bits per heavy atom. The first-order valence-corrected chi connectivity index (χ1v) is 5.62. The molecule has 0 aliphatic rings. The average Bonchev–Trinajstić information content (AvgIpc) is 2.49. The zero-order chi connectivity index (χ0) is 10.8. The molecule has 0 fully saturated rings. The van der Waals surface area contributed by atoms with E-state index in [1.807, 2.05) is 6.92 Å². The molecule has 0 radical (unpaired) electrons. The predicted octanol–water partition coefficient (Wildman–Crippen LogP) is 0.150. The van der Waals surface area contributed by atoms with Gasteiger partial charge in [-0.2, -0.15) is 5.10 Å². The molecule has 6 nitrogen and oxygen atoms in total. The fraction of sp³-hybridized carbons (Fsp3) is 0.429. The molecule has 0 spiro atoms. The Hall–Kier alpha value is -1.21. The highest BCUT2D eigenvalue weighted by molar-refractivity contribution is 7.91. The van der Waals surface area contributed by atoms with Crippen molar-refractivity contribution in [1.29, 1.82) is 0 Å². The lowest BCUT2D eigenvalue weighted by Gasteiger charge is -1.97.